The molecule has 3 rings (SSSR count). The smallest absolute Gasteiger partial charge is 0.207 e. The summed E-state index contributed by atoms with van der Waals surface area (Å²) in [5.74, 6) is -0.964. The Kier molecular flexibility index (Phi) is 1.68. The van der Waals surface area contributed by atoms with Gasteiger partial charge in [-0.1, -0.05) is 0 Å². The van der Waals surface area contributed by atoms with E-state index in [0.29, 0.717) is 0 Å². The average Bonchev–Trinajstić information content (AvgIpc) is 2.81. The Morgan fingerprint density at radius 3 is 1.69 bits per heavy atom. The predicted octanol–water partition coefficient (Wildman–Crippen LogP) is 1.35. The van der Waals surface area contributed by atoms with Crippen LogP contribution in [0.5, 0.6) is 0 Å². The highest BCUT2D eigenvalue weighted by atomic mass is 17.3. The summed E-state index contributed by atoms with van der Waals surface area (Å²) >= 11 is 0. The van der Waals surface area contributed by atoms with Crippen LogP contribution in [0.15, 0.2) is 0 Å². The molecule has 2 spiro atoms. The van der Waals surface area contributed by atoms with Crippen LogP contribution in [-0.2, 0) is 19.2 Å². The van der Waals surface area contributed by atoms with E-state index in [4.69, 9.17) is 19.2 Å². The molecule has 3 fully saturated rings. The quantitative estimate of drug-likeness (QED) is 0.535. The van der Waals surface area contributed by atoms with E-state index in [1.54, 1.807) is 0 Å². The minimum Gasteiger partial charge on any atom is -0.347 e. The highest BCUT2D eigenvalue weighted by Crippen LogP contribution is 2.47. The summed E-state index contributed by atoms with van der Waals surface area (Å²) in [6, 6.07) is 0. The molecule has 0 aromatic heterocycles. The normalized spacial score (nSPS) is 49.8. The zero-order valence-corrected chi connectivity index (χ0v) is 7.58. The third kappa shape index (κ3) is 1.21. The molecule has 3 heterocycles. The van der Waals surface area contributed by atoms with Crippen LogP contribution in [0.4, 0.5) is 0 Å². The van der Waals surface area contributed by atoms with Crippen LogP contribution in [0.2, 0.25) is 0 Å². The lowest BCUT2D eigenvalue weighted by Gasteiger charge is -2.19. The van der Waals surface area contributed by atoms with Gasteiger partial charge in [-0.25, -0.2) is 0 Å². The van der Waals surface area contributed by atoms with Gasteiger partial charge < -0.3 is 9.47 Å². The molecule has 0 unspecified atom stereocenters. The highest BCUT2D eigenvalue weighted by Gasteiger charge is 2.56. The van der Waals surface area contributed by atoms with E-state index in [1.807, 2.05) is 0 Å². The molecule has 74 valence electrons. The first-order chi connectivity index (χ1) is 6.33. The SMILES string of the molecule is C1CO[C@@]2(C1)C[C@@]1(CCCO1)OO2. The van der Waals surface area contributed by atoms with Crippen molar-refractivity contribution in [1.82, 2.24) is 0 Å². The van der Waals surface area contributed by atoms with E-state index < -0.39 is 11.6 Å². The molecule has 3 aliphatic heterocycles. The van der Waals surface area contributed by atoms with Crippen molar-refractivity contribution in [3.8, 4) is 0 Å². The fourth-order valence-corrected chi connectivity index (χ4v) is 2.38. The Morgan fingerprint density at radius 1 is 0.769 bits per heavy atom. The molecule has 3 saturated heterocycles. The molecule has 2 atom stereocenters. The van der Waals surface area contributed by atoms with Gasteiger partial charge in [0, 0.05) is 12.8 Å². The lowest BCUT2D eigenvalue weighted by atomic mass is 10.0. The lowest BCUT2D eigenvalue weighted by Crippen LogP contribution is -2.31. The summed E-state index contributed by atoms with van der Waals surface area (Å²) in [5.41, 5.74) is 0. The molecule has 4 heteroatoms. The summed E-state index contributed by atoms with van der Waals surface area (Å²) in [6.07, 6.45) is 4.70. The van der Waals surface area contributed by atoms with Crippen LogP contribution in [0.25, 0.3) is 0 Å². The molecule has 0 bridgehead atoms. The zero-order chi connectivity index (χ0) is 8.78. The third-order valence-corrected chi connectivity index (χ3v) is 3.02. The Balaban J connectivity index is 1.76. The molecule has 0 aromatic carbocycles. The standard InChI is InChI=1S/C9H14O4/c1-3-8(10-5-1)7-9(13-12-8)4-2-6-11-9/h1-7H2/t8-,9-/m1/s1. The first kappa shape index (κ1) is 8.17. The maximum Gasteiger partial charge on any atom is 0.207 e. The summed E-state index contributed by atoms with van der Waals surface area (Å²) in [5, 5.41) is 0. The molecule has 3 aliphatic rings. The van der Waals surface area contributed by atoms with Crippen LogP contribution >= 0.6 is 0 Å². The van der Waals surface area contributed by atoms with Crippen molar-refractivity contribution in [3.05, 3.63) is 0 Å². The number of rotatable bonds is 0. The van der Waals surface area contributed by atoms with Gasteiger partial charge in [-0.05, 0) is 12.8 Å². The van der Waals surface area contributed by atoms with Gasteiger partial charge in [0.05, 0.1) is 19.6 Å². The first-order valence-electron chi connectivity index (χ1n) is 4.97. The average molecular weight is 186 g/mol. The second-order valence-electron chi connectivity index (χ2n) is 4.07. The first-order valence-corrected chi connectivity index (χ1v) is 4.97. The van der Waals surface area contributed by atoms with E-state index >= 15 is 0 Å². The number of hydrogen-bond donors (Lipinski definition) is 0. The van der Waals surface area contributed by atoms with E-state index in [2.05, 4.69) is 0 Å². The maximum atomic E-state index is 5.56. The topological polar surface area (TPSA) is 36.9 Å². The summed E-state index contributed by atoms with van der Waals surface area (Å²) < 4.78 is 11.1. The maximum absolute atomic E-state index is 5.56. The van der Waals surface area contributed by atoms with Crippen molar-refractivity contribution in [2.45, 2.75) is 43.7 Å². The molecule has 0 radical (unpaired) electrons. The fourth-order valence-electron chi connectivity index (χ4n) is 2.38. The van der Waals surface area contributed by atoms with Gasteiger partial charge in [0.25, 0.3) is 0 Å². The van der Waals surface area contributed by atoms with Crippen molar-refractivity contribution in [2.75, 3.05) is 13.2 Å². The van der Waals surface area contributed by atoms with Gasteiger partial charge in [-0.3, -0.25) is 0 Å². The second-order valence-corrected chi connectivity index (χ2v) is 4.07. The Bertz CT molecular complexity index is 182. The van der Waals surface area contributed by atoms with E-state index in [9.17, 15) is 0 Å². The van der Waals surface area contributed by atoms with Crippen LogP contribution in [0, 0.1) is 0 Å². The number of hydrogen-bond acceptors (Lipinski definition) is 4. The van der Waals surface area contributed by atoms with Gasteiger partial charge in [0.1, 0.15) is 0 Å². The van der Waals surface area contributed by atoms with Crippen molar-refractivity contribution >= 4 is 0 Å². The molecule has 0 amide bonds. The largest absolute Gasteiger partial charge is 0.347 e. The minimum absolute atomic E-state index is 0.482. The number of ether oxygens (including phenoxy) is 2. The summed E-state index contributed by atoms with van der Waals surface area (Å²) in [4.78, 5) is 10.6. The summed E-state index contributed by atoms with van der Waals surface area (Å²) in [7, 11) is 0. The van der Waals surface area contributed by atoms with Gasteiger partial charge >= 0.3 is 0 Å². The predicted molar refractivity (Wildman–Crippen MR) is 42.6 cm³/mol. The molecule has 13 heavy (non-hydrogen) atoms. The second kappa shape index (κ2) is 2.67. The summed E-state index contributed by atoms with van der Waals surface area (Å²) in [6.45, 7) is 1.55. The molecule has 0 aromatic rings. The van der Waals surface area contributed by atoms with Crippen LogP contribution in [0.3, 0.4) is 0 Å². The van der Waals surface area contributed by atoms with Crippen molar-refractivity contribution in [3.63, 3.8) is 0 Å². The molecule has 0 saturated carbocycles. The fraction of sp³-hybridized carbons (Fsp3) is 1.00. The Hall–Kier alpha value is -0.160. The Labute approximate surface area is 77.0 Å². The third-order valence-electron chi connectivity index (χ3n) is 3.02. The van der Waals surface area contributed by atoms with E-state index in [0.717, 1.165) is 45.3 Å². The Morgan fingerprint density at radius 2 is 1.31 bits per heavy atom. The van der Waals surface area contributed by atoms with Gasteiger partial charge in [0.15, 0.2) is 0 Å². The molecular formula is C9H14O4. The minimum atomic E-state index is -0.482. The van der Waals surface area contributed by atoms with Crippen molar-refractivity contribution in [1.29, 1.82) is 0 Å². The van der Waals surface area contributed by atoms with Gasteiger partial charge in [0.2, 0.25) is 11.6 Å². The monoisotopic (exact) mass is 186 g/mol. The van der Waals surface area contributed by atoms with Crippen LogP contribution in [-0.4, -0.2) is 24.8 Å². The van der Waals surface area contributed by atoms with Crippen LogP contribution in [0.1, 0.15) is 32.1 Å². The van der Waals surface area contributed by atoms with Gasteiger partial charge in [-0.2, -0.15) is 9.78 Å². The zero-order valence-electron chi connectivity index (χ0n) is 7.58. The molecule has 4 nitrogen and oxygen atoms in total. The van der Waals surface area contributed by atoms with E-state index in [-0.39, 0.29) is 0 Å². The lowest BCUT2D eigenvalue weighted by molar-refractivity contribution is -0.422. The van der Waals surface area contributed by atoms with Crippen molar-refractivity contribution < 1.29 is 19.2 Å². The van der Waals surface area contributed by atoms with Crippen molar-refractivity contribution in [2.24, 2.45) is 0 Å². The van der Waals surface area contributed by atoms with E-state index in [1.165, 1.54) is 0 Å². The molecule has 0 N–H and O–H groups in total. The molecule has 0 aliphatic carbocycles. The van der Waals surface area contributed by atoms with Gasteiger partial charge in [-0.15, -0.1) is 0 Å². The highest BCUT2D eigenvalue weighted by molar-refractivity contribution is 4.88. The van der Waals surface area contributed by atoms with Crippen LogP contribution < -0.4 is 0 Å². The molecular weight excluding hydrogens is 172 g/mol.